The Bertz CT molecular complexity index is 125. The van der Waals surface area contributed by atoms with E-state index in [0.29, 0.717) is 12.8 Å². The minimum absolute atomic E-state index is 0.0481. The lowest BCUT2D eigenvalue weighted by molar-refractivity contribution is -0.125. The minimum atomic E-state index is -0.192. The Labute approximate surface area is 52.6 Å². The van der Waals surface area contributed by atoms with Gasteiger partial charge in [0, 0.05) is 6.42 Å². The van der Waals surface area contributed by atoms with E-state index in [1.54, 1.807) is 0 Å². The van der Waals surface area contributed by atoms with Crippen molar-refractivity contribution in [2.75, 3.05) is 0 Å². The molecular formula is C5H8N2O2. The smallest absolute Gasteiger partial charge is 0.234 e. The molecular weight excluding hydrogens is 120 g/mol. The van der Waals surface area contributed by atoms with Crippen LogP contribution in [-0.2, 0) is 9.59 Å². The summed E-state index contributed by atoms with van der Waals surface area (Å²) in [7, 11) is 0. The zero-order valence-corrected chi connectivity index (χ0v) is 4.89. The highest BCUT2D eigenvalue weighted by Gasteiger charge is 2.15. The summed E-state index contributed by atoms with van der Waals surface area (Å²) in [4.78, 5) is 20.5. The second-order valence-electron chi connectivity index (χ2n) is 1.97. The Balaban J connectivity index is 2.34. The number of hydrogen-bond acceptors (Lipinski definition) is 3. The SMILES string of the molecule is O=CC1CCC(=O)NN1. The molecule has 1 unspecified atom stereocenters. The molecule has 1 amide bonds. The molecule has 0 spiro atoms. The van der Waals surface area contributed by atoms with Crippen molar-refractivity contribution in [3.63, 3.8) is 0 Å². The summed E-state index contributed by atoms with van der Waals surface area (Å²) in [6.07, 6.45) is 1.84. The first-order chi connectivity index (χ1) is 4.33. The van der Waals surface area contributed by atoms with E-state index >= 15 is 0 Å². The highest BCUT2D eigenvalue weighted by atomic mass is 16.2. The van der Waals surface area contributed by atoms with Gasteiger partial charge in [0.05, 0.1) is 6.04 Å². The van der Waals surface area contributed by atoms with Crippen LogP contribution in [0.1, 0.15) is 12.8 Å². The van der Waals surface area contributed by atoms with Gasteiger partial charge < -0.3 is 4.79 Å². The van der Waals surface area contributed by atoms with E-state index in [4.69, 9.17) is 0 Å². The van der Waals surface area contributed by atoms with E-state index in [-0.39, 0.29) is 11.9 Å². The van der Waals surface area contributed by atoms with Gasteiger partial charge in [-0.1, -0.05) is 0 Å². The van der Waals surface area contributed by atoms with E-state index in [1.165, 1.54) is 0 Å². The molecule has 1 heterocycles. The van der Waals surface area contributed by atoms with Crippen LogP contribution in [0.3, 0.4) is 0 Å². The first kappa shape index (κ1) is 6.22. The van der Waals surface area contributed by atoms with Crippen LogP contribution in [-0.4, -0.2) is 18.2 Å². The molecule has 0 bridgehead atoms. The second-order valence-corrected chi connectivity index (χ2v) is 1.97. The lowest BCUT2D eigenvalue weighted by Crippen LogP contribution is -2.49. The maximum Gasteiger partial charge on any atom is 0.234 e. The molecule has 1 saturated heterocycles. The lowest BCUT2D eigenvalue weighted by atomic mass is 10.1. The number of hydrogen-bond donors (Lipinski definition) is 2. The molecule has 0 radical (unpaired) electrons. The molecule has 0 aromatic carbocycles. The van der Waals surface area contributed by atoms with Crippen molar-refractivity contribution < 1.29 is 9.59 Å². The van der Waals surface area contributed by atoms with Crippen molar-refractivity contribution in [2.45, 2.75) is 18.9 Å². The van der Waals surface area contributed by atoms with Crippen LogP contribution in [0.5, 0.6) is 0 Å². The third-order valence-corrected chi connectivity index (χ3v) is 1.24. The van der Waals surface area contributed by atoms with Crippen molar-refractivity contribution >= 4 is 12.2 Å². The third-order valence-electron chi connectivity index (χ3n) is 1.24. The molecule has 0 saturated carbocycles. The number of amides is 1. The number of rotatable bonds is 1. The minimum Gasteiger partial charge on any atom is -0.302 e. The Kier molecular flexibility index (Phi) is 1.79. The maximum atomic E-state index is 10.4. The molecule has 2 N–H and O–H groups in total. The molecule has 4 heteroatoms. The van der Waals surface area contributed by atoms with E-state index in [9.17, 15) is 9.59 Å². The van der Waals surface area contributed by atoms with Crippen molar-refractivity contribution in [1.82, 2.24) is 10.9 Å². The van der Waals surface area contributed by atoms with Crippen molar-refractivity contribution in [3.8, 4) is 0 Å². The van der Waals surface area contributed by atoms with Crippen LogP contribution in [0.4, 0.5) is 0 Å². The number of carbonyl (C=O) groups is 2. The fraction of sp³-hybridized carbons (Fsp3) is 0.600. The Morgan fingerprint density at radius 1 is 1.67 bits per heavy atom. The Hall–Kier alpha value is -0.900. The molecule has 1 fully saturated rings. The summed E-state index contributed by atoms with van der Waals surface area (Å²) < 4.78 is 0. The first-order valence-corrected chi connectivity index (χ1v) is 2.82. The van der Waals surface area contributed by atoms with Crippen LogP contribution < -0.4 is 10.9 Å². The van der Waals surface area contributed by atoms with Gasteiger partial charge in [0.25, 0.3) is 0 Å². The van der Waals surface area contributed by atoms with Crippen molar-refractivity contribution in [3.05, 3.63) is 0 Å². The summed E-state index contributed by atoms with van der Waals surface area (Å²) in [6, 6.07) is -0.192. The van der Waals surface area contributed by atoms with Gasteiger partial charge >= 0.3 is 0 Å². The van der Waals surface area contributed by atoms with Crippen molar-refractivity contribution in [1.29, 1.82) is 0 Å². The normalized spacial score (nSPS) is 27.1. The van der Waals surface area contributed by atoms with E-state index in [0.717, 1.165) is 6.29 Å². The van der Waals surface area contributed by atoms with E-state index in [2.05, 4.69) is 10.9 Å². The maximum absolute atomic E-state index is 10.4. The topological polar surface area (TPSA) is 58.2 Å². The fourth-order valence-electron chi connectivity index (χ4n) is 0.697. The van der Waals surface area contributed by atoms with Crippen LogP contribution in [0, 0.1) is 0 Å². The zero-order valence-electron chi connectivity index (χ0n) is 4.89. The van der Waals surface area contributed by atoms with Crippen LogP contribution >= 0.6 is 0 Å². The summed E-state index contributed by atoms with van der Waals surface area (Å²) >= 11 is 0. The molecule has 4 nitrogen and oxygen atoms in total. The molecule has 0 aromatic heterocycles. The van der Waals surface area contributed by atoms with Gasteiger partial charge in [-0.15, -0.1) is 0 Å². The largest absolute Gasteiger partial charge is 0.302 e. The summed E-state index contributed by atoms with van der Waals surface area (Å²) in [5.41, 5.74) is 4.91. The summed E-state index contributed by atoms with van der Waals surface area (Å²) in [5.74, 6) is -0.0481. The average Bonchev–Trinajstić information content (AvgIpc) is 1.90. The fourth-order valence-corrected chi connectivity index (χ4v) is 0.697. The van der Waals surface area contributed by atoms with Gasteiger partial charge in [-0.3, -0.25) is 10.2 Å². The number of carbonyl (C=O) groups excluding carboxylic acids is 2. The summed E-state index contributed by atoms with van der Waals surface area (Å²) in [5, 5.41) is 0. The first-order valence-electron chi connectivity index (χ1n) is 2.82. The van der Waals surface area contributed by atoms with Gasteiger partial charge in [0.15, 0.2) is 0 Å². The quantitative estimate of drug-likeness (QED) is 0.444. The average molecular weight is 128 g/mol. The van der Waals surface area contributed by atoms with E-state index < -0.39 is 0 Å². The molecule has 1 atom stereocenters. The Morgan fingerprint density at radius 3 is 2.89 bits per heavy atom. The van der Waals surface area contributed by atoms with Crippen LogP contribution in [0.25, 0.3) is 0 Å². The summed E-state index contributed by atoms with van der Waals surface area (Å²) in [6.45, 7) is 0. The predicted octanol–water partition coefficient (Wildman–Crippen LogP) is -1.03. The van der Waals surface area contributed by atoms with Crippen LogP contribution in [0.2, 0.25) is 0 Å². The number of aldehydes is 1. The highest BCUT2D eigenvalue weighted by molar-refractivity contribution is 5.77. The van der Waals surface area contributed by atoms with Gasteiger partial charge in [-0.2, -0.15) is 0 Å². The lowest BCUT2D eigenvalue weighted by Gasteiger charge is -2.18. The standard InChI is InChI=1S/C5H8N2O2/c8-3-4-1-2-5(9)7-6-4/h3-4,6H,1-2H2,(H,7,9). The van der Waals surface area contributed by atoms with Gasteiger partial charge in [-0.05, 0) is 6.42 Å². The molecule has 1 aliphatic heterocycles. The Morgan fingerprint density at radius 2 is 2.44 bits per heavy atom. The van der Waals surface area contributed by atoms with Crippen LogP contribution in [0.15, 0.2) is 0 Å². The molecule has 0 aliphatic carbocycles. The zero-order chi connectivity index (χ0) is 6.69. The molecule has 1 aliphatic rings. The van der Waals surface area contributed by atoms with Gasteiger partial charge in [0.1, 0.15) is 6.29 Å². The monoisotopic (exact) mass is 128 g/mol. The molecule has 0 aromatic rings. The molecule has 50 valence electrons. The number of nitrogens with one attached hydrogen (secondary N) is 2. The molecule has 1 rings (SSSR count). The van der Waals surface area contributed by atoms with Gasteiger partial charge in [-0.25, -0.2) is 5.43 Å². The predicted molar refractivity (Wildman–Crippen MR) is 30.4 cm³/mol. The van der Waals surface area contributed by atoms with E-state index in [1.807, 2.05) is 0 Å². The van der Waals surface area contributed by atoms with Crippen molar-refractivity contribution in [2.24, 2.45) is 0 Å². The second kappa shape index (κ2) is 2.59. The molecule has 9 heavy (non-hydrogen) atoms. The highest BCUT2D eigenvalue weighted by Crippen LogP contribution is 1.97. The third kappa shape index (κ3) is 1.50. The number of hydrazine groups is 1. The van der Waals surface area contributed by atoms with Gasteiger partial charge in [0.2, 0.25) is 5.91 Å².